The molecule has 1 aromatic rings. The second-order valence-corrected chi connectivity index (χ2v) is 7.39. The zero-order valence-electron chi connectivity index (χ0n) is 14.3. The predicted octanol–water partition coefficient (Wildman–Crippen LogP) is 3.05. The summed E-state index contributed by atoms with van der Waals surface area (Å²) in [6.45, 7) is 3.69. The molecule has 1 aliphatic heterocycles. The van der Waals surface area contributed by atoms with Gasteiger partial charge in [-0.25, -0.2) is 9.18 Å². The number of urea groups is 1. The van der Waals surface area contributed by atoms with Gasteiger partial charge in [0.2, 0.25) is 0 Å². The molecule has 132 valence electrons. The van der Waals surface area contributed by atoms with Crippen LogP contribution in [0.3, 0.4) is 0 Å². The molecule has 0 bridgehead atoms. The van der Waals surface area contributed by atoms with Crippen molar-refractivity contribution in [3.63, 3.8) is 0 Å². The fourth-order valence-corrected chi connectivity index (χ4v) is 4.14. The van der Waals surface area contributed by atoms with E-state index in [1.807, 2.05) is 12.1 Å². The van der Waals surface area contributed by atoms with Gasteiger partial charge in [0.25, 0.3) is 0 Å². The first-order chi connectivity index (χ1) is 11.5. The highest BCUT2D eigenvalue weighted by molar-refractivity contribution is 5.74. The minimum absolute atomic E-state index is 0.0495. The molecule has 0 aromatic heterocycles. The second-order valence-electron chi connectivity index (χ2n) is 7.39. The Kier molecular flexibility index (Phi) is 5.09. The Bertz CT molecular complexity index is 567. The van der Waals surface area contributed by atoms with Gasteiger partial charge >= 0.3 is 6.03 Å². The monoisotopic (exact) mass is 334 g/mol. The van der Waals surface area contributed by atoms with Gasteiger partial charge in [-0.15, -0.1) is 0 Å². The molecule has 2 N–H and O–H groups in total. The lowest BCUT2D eigenvalue weighted by Crippen LogP contribution is -2.45. The van der Waals surface area contributed by atoms with E-state index in [9.17, 15) is 14.3 Å². The van der Waals surface area contributed by atoms with Crippen LogP contribution in [0, 0.1) is 11.7 Å². The molecular formula is C19H27FN2O2. The van der Waals surface area contributed by atoms with Gasteiger partial charge in [-0.05, 0) is 43.9 Å². The fourth-order valence-electron chi connectivity index (χ4n) is 4.14. The van der Waals surface area contributed by atoms with E-state index in [2.05, 4.69) is 5.32 Å². The van der Waals surface area contributed by atoms with Gasteiger partial charge in [-0.2, -0.15) is 0 Å². The first-order valence-corrected chi connectivity index (χ1v) is 8.97. The summed E-state index contributed by atoms with van der Waals surface area (Å²) in [6, 6.07) is 6.67. The zero-order chi connectivity index (χ0) is 17.2. The average Bonchev–Trinajstić information content (AvgIpc) is 3.23. The van der Waals surface area contributed by atoms with Crippen LogP contribution >= 0.6 is 0 Å². The summed E-state index contributed by atoms with van der Waals surface area (Å²) in [6.07, 6.45) is 4.81. The number of likely N-dealkylation sites (tertiary alicyclic amines) is 1. The largest absolute Gasteiger partial charge is 0.393 e. The second kappa shape index (κ2) is 7.09. The number of aliphatic hydroxyl groups is 1. The molecule has 2 atom stereocenters. The van der Waals surface area contributed by atoms with Crippen molar-refractivity contribution >= 4 is 6.03 Å². The highest BCUT2D eigenvalue weighted by Gasteiger charge is 2.37. The van der Waals surface area contributed by atoms with Gasteiger partial charge in [-0.3, -0.25) is 0 Å². The van der Waals surface area contributed by atoms with Gasteiger partial charge in [0.05, 0.1) is 6.10 Å². The molecule has 4 nitrogen and oxygen atoms in total. The molecule has 2 aliphatic rings. The van der Waals surface area contributed by atoms with Crippen LogP contribution in [0.4, 0.5) is 9.18 Å². The Morgan fingerprint density at radius 3 is 2.62 bits per heavy atom. The predicted molar refractivity (Wildman–Crippen MR) is 91.3 cm³/mol. The van der Waals surface area contributed by atoms with E-state index in [-0.39, 0.29) is 29.3 Å². The van der Waals surface area contributed by atoms with Gasteiger partial charge in [0, 0.05) is 31.0 Å². The highest BCUT2D eigenvalue weighted by Crippen LogP contribution is 2.40. The third-order valence-corrected chi connectivity index (χ3v) is 5.79. The Labute approximate surface area is 143 Å². The molecule has 1 aliphatic carbocycles. The number of nitrogens with one attached hydrogen (secondary N) is 1. The van der Waals surface area contributed by atoms with Crippen LogP contribution in [0.1, 0.15) is 44.6 Å². The van der Waals surface area contributed by atoms with Crippen LogP contribution in [0.2, 0.25) is 0 Å². The zero-order valence-corrected chi connectivity index (χ0v) is 14.3. The summed E-state index contributed by atoms with van der Waals surface area (Å²) < 4.78 is 13.2. The Hall–Kier alpha value is -1.62. The van der Waals surface area contributed by atoms with Crippen LogP contribution in [0.25, 0.3) is 0 Å². The van der Waals surface area contributed by atoms with Crippen LogP contribution in [0.5, 0.6) is 0 Å². The molecule has 1 heterocycles. The third-order valence-electron chi connectivity index (χ3n) is 5.79. The van der Waals surface area contributed by atoms with Crippen molar-refractivity contribution in [2.45, 2.75) is 50.5 Å². The van der Waals surface area contributed by atoms with Crippen molar-refractivity contribution in [1.29, 1.82) is 0 Å². The molecule has 24 heavy (non-hydrogen) atoms. The number of carbonyl (C=O) groups is 1. The number of halogens is 1. The fraction of sp³-hybridized carbons (Fsp3) is 0.632. The number of benzene rings is 1. The number of nitrogens with zero attached hydrogens (tertiary/aromatic N) is 1. The third kappa shape index (κ3) is 3.56. The number of hydrogen-bond donors (Lipinski definition) is 2. The lowest BCUT2D eigenvalue weighted by Gasteiger charge is -2.31. The van der Waals surface area contributed by atoms with E-state index in [4.69, 9.17) is 0 Å². The van der Waals surface area contributed by atoms with Crippen molar-refractivity contribution < 1.29 is 14.3 Å². The smallest absolute Gasteiger partial charge is 0.317 e. The van der Waals surface area contributed by atoms with Crippen molar-refractivity contribution in [3.8, 4) is 0 Å². The quantitative estimate of drug-likeness (QED) is 0.889. The summed E-state index contributed by atoms with van der Waals surface area (Å²) in [4.78, 5) is 14.3. The van der Waals surface area contributed by atoms with Crippen LogP contribution in [-0.2, 0) is 5.41 Å². The van der Waals surface area contributed by atoms with Gasteiger partial charge in [0.15, 0.2) is 0 Å². The molecular weight excluding hydrogens is 307 g/mol. The Morgan fingerprint density at radius 2 is 2.04 bits per heavy atom. The molecule has 5 heteroatoms. The number of amides is 2. The average molecular weight is 334 g/mol. The highest BCUT2D eigenvalue weighted by atomic mass is 19.1. The SMILES string of the molecule is C[C@@H](O)[C@@H]1CCN(C(=O)NCC2(c3ccc(F)cc3)CCCC2)C1. The molecule has 2 fully saturated rings. The maximum absolute atomic E-state index is 13.2. The van der Waals surface area contributed by atoms with Crippen molar-refractivity contribution in [1.82, 2.24) is 10.2 Å². The molecule has 1 saturated heterocycles. The number of aliphatic hydroxyl groups excluding tert-OH is 1. The maximum atomic E-state index is 13.2. The molecule has 0 radical (unpaired) electrons. The van der Waals surface area contributed by atoms with Gasteiger partial charge in [0.1, 0.15) is 5.82 Å². The summed E-state index contributed by atoms with van der Waals surface area (Å²) in [5.41, 5.74) is 1.04. The van der Waals surface area contributed by atoms with E-state index in [0.29, 0.717) is 19.6 Å². The Morgan fingerprint density at radius 1 is 1.38 bits per heavy atom. The van der Waals surface area contributed by atoms with E-state index in [0.717, 1.165) is 37.7 Å². The summed E-state index contributed by atoms with van der Waals surface area (Å²) >= 11 is 0. The first-order valence-electron chi connectivity index (χ1n) is 8.97. The van der Waals surface area contributed by atoms with E-state index in [1.54, 1.807) is 11.8 Å². The van der Waals surface area contributed by atoms with Gasteiger partial charge in [-0.1, -0.05) is 25.0 Å². The van der Waals surface area contributed by atoms with Crippen LogP contribution in [0.15, 0.2) is 24.3 Å². The van der Waals surface area contributed by atoms with Gasteiger partial charge < -0.3 is 15.3 Å². The number of rotatable bonds is 4. The normalized spacial score (nSPS) is 24.1. The molecule has 1 saturated carbocycles. The van der Waals surface area contributed by atoms with Crippen molar-refractivity contribution in [2.24, 2.45) is 5.92 Å². The minimum Gasteiger partial charge on any atom is -0.393 e. The van der Waals surface area contributed by atoms with Crippen LogP contribution in [-0.4, -0.2) is 41.8 Å². The van der Waals surface area contributed by atoms with E-state index < -0.39 is 0 Å². The van der Waals surface area contributed by atoms with Crippen molar-refractivity contribution in [3.05, 3.63) is 35.6 Å². The molecule has 1 aromatic carbocycles. The molecule has 0 unspecified atom stereocenters. The number of carbonyl (C=O) groups excluding carboxylic acids is 1. The maximum Gasteiger partial charge on any atom is 0.317 e. The molecule has 2 amide bonds. The summed E-state index contributed by atoms with van der Waals surface area (Å²) in [5.74, 6) is -0.0505. The first kappa shape index (κ1) is 17.2. The number of hydrogen-bond acceptors (Lipinski definition) is 2. The molecule has 0 spiro atoms. The standard InChI is InChI=1S/C19H27FN2O2/c1-14(23)15-8-11-22(12-15)18(24)21-13-19(9-2-3-10-19)16-4-6-17(20)7-5-16/h4-7,14-15,23H,2-3,8-13H2,1H3,(H,21,24)/t14-,15-/m1/s1. The summed E-state index contributed by atoms with van der Waals surface area (Å²) in [7, 11) is 0. The van der Waals surface area contributed by atoms with E-state index in [1.165, 1.54) is 12.1 Å². The topological polar surface area (TPSA) is 52.6 Å². The van der Waals surface area contributed by atoms with Crippen molar-refractivity contribution in [2.75, 3.05) is 19.6 Å². The minimum atomic E-state index is -0.372. The summed E-state index contributed by atoms with van der Waals surface area (Å²) in [5, 5.41) is 12.8. The van der Waals surface area contributed by atoms with Crippen LogP contribution < -0.4 is 5.32 Å². The lowest BCUT2D eigenvalue weighted by molar-refractivity contribution is 0.129. The lowest BCUT2D eigenvalue weighted by atomic mass is 9.79. The van der Waals surface area contributed by atoms with E-state index >= 15 is 0 Å². The molecule has 3 rings (SSSR count). The Balaban J connectivity index is 1.63.